The Morgan fingerprint density at radius 3 is 0.821 bits per heavy atom. The average Bonchev–Trinajstić information content (AvgIpc) is 0.748. The molecule has 0 fully saturated rings. The Hall–Kier alpha value is -9.64. The fourth-order valence-electron chi connectivity index (χ4n) is 15.7. The van der Waals surface area contributed by atoms with Crippen molar-refractivity contribution in [3.05, 3.63) is 301 Å². The third-order valence-electron chi connectivity index (χ3n) is 21.6. The summed E-state index contributed by atoms with van der Waals surface area (Å²) in [4.78, 5) is 0. The van der Waals surface area contributed by atoms with E-state index in [4.69, 9.17) is 32.9 Å². The standard InChI is InChI=1S/2C26H32N.2C25H30N/c2*1-15-10-18(4)23(12-16(15)2)25-19(5)11-20(6)26(22(25)8)24-13-17(3)21(7)14-27(24)9;1-15-9-10-23(26(8)14-15)25-20(6)12-19(5)24(21(25)7)22-13-17(3)16(2)11-18(22)4;1-15-9-10-26(8)23(11-15)25-20(6)13-19(5)24(21(25)7)22-14-17(3)16(2)12-18(22)4/h2*10-14H,1-9H3;2*9-14H,1-8H3/q4*+1/i1D3,3D3,6D3;;2D3,6D3;1D3,2D3,6D3. The first-order chi connectivity index (χ1) is 59.3. The second kappa shape index (κ2) is 32.2. The first kappa shape index (κ1) is 53.2. The van der Waals surface area contributed by atoms with E-state index in [1.165, 1.54) is 79.0 Å². The Kier molecular flexibility index (Phi) is 16.2. The summed E-state index contributed by atoms with van der Waals surface area (Å²) in [6.07, 6.45) is 7.56. The van der Waals surface area contributed by atoms with Crippen molar-refractivity contribution in [1.82, 2.24) is 0 Å². The van der Waals surface area contributed by atoms with E-state index < -0.39 is 54.8 Å². The highest BCUT2D eigenvalue weighted by atomic mass is 14.9. The topological polar surface area (TPSA) is 15.5 Å². The molecule has 0 spiro atoms. The average molecular weight is 1430 g/mol. The lowest BCUT2D eigenvalue weighted by molar-refractivity contribution is -0.660. The van der Waals surface area contributed by atoms with E-state index >= 15 is 0 Å². The zero-order valence-corrected chi connectivity index (χ0v) is 67.5. The van der Waals surface area contributed by atoms with E-state index in [9.17, 15) is 0 Å². The van der Waals surface area contributed by atoms with E-state index in [0.29, 0.717) is 72.6 Å². The molecule has 0 amide bonds. The minimum absolute atomic E-state index is 0.123. The van der Waals surface area contributed by atoms with Crippen LogP contribution < -0.4 is 18.3 Å². The van der Waals surface area contributed by atoms with Crippen molar-refractivity contribution in [2.45, 2.75) is 207 Å². The second-order valence-electron chi connectivity index (χ2n) is 30.0. The molecular formula is C102H124N4+4. The third-order valence-corrected chi connectivity index (χ3v) is 21.6. The maximum Gasteiger partial charge on any atom is 0.213 e. The molecule has 0 aliphatic carbocycles. The molecule has 8 aromatic carbocycles. The van der Waals surface area contributed by atoms with Crippen LogP contribution in [0.2, 0.25) is 0 Å². The van der Waals surface area contributed by atoms with Crippen LogP contribution in [-0.4, -0.2) is 0 Å². The van der Waals surface area contributed by atoms with Gasteiger partial charge in [0.1, 0.15) is 28.2 Å². The van der Waals surface area contributed by atoms with Crippen LogP contribution in [0.3, 0.4) is 0 Å². The fourth-order valence-corrected chi connectivity index (χ4v) is 15.7. The van der Waals surface area contributed by atoms with Crippen molar-refractivity contribution in [3.8, 4) is 89.5 Å². The minimum Gasteiger partial charge on any atom is -0.201 e. The van der Waals surface area contributed by atoms with Crippen molar-refractivity contribution in [3.63, 3.8) is 0 Å². The molecule has 0 saturated carbocycles. The zero-order chi connectivity index (χ0) is 98.4. The Labute approximate surface area is 674 Å². The van der Waals surface area contributed by atoms with Crippen LogP contribution in [-0.2, 0) is 28.2 Å². The van der Waals surface area contributed by atoms with Gasteiger partial charge >= 0.3 is 0 Å². The SMILES string of the molecule is Cc1cc(C)c(-c2c(C)cc(C)c(-c3cc(C)c(C)c[n+]3C)c2C)cc1C.[2H]C([2H])([2H])c1cc(C)c(-c2c(C)cc(C([2H])([2H])[2H])c(-c3cc(C([2H])([2H])[2H])c(C)c[n+]3C)c2C)cc1C.[2H]C([2H])([2H])c1cc(C)c(-c2c(C)cc(C([2H])([2H])[2H])c(-c3ccc(C)c[n+]3C)c2C)cc1C.[2H]C([2H])([2H])c1cc[n+](C)c(-c2c(C([2H])([2H])[2H])cc(C)c(-c3cc(C)c(C([2H])([2H])[2H])cc3C)c2C)c1. The van der Waals surface area contributed by atoms with Gasteiger partial charge in [-0.25, -0.2) is 18.3 Å². The van der Waals surface area contributed by atoms with Gasteiger partial charge in [0, 0.05) is 79.9 Å². The highest BCUT2D eigenvalue weighted by Crippen LogP contribution is 2.44. The van der Waals surface area contributed by atoms with Gasteiger partial charge in [0.05, 0.1) is 22.3 Å². The van der Waals surface area contributed by atoms with Crippen LogP contribution in [0, 0.1) is 207 Å². The monoisotopic (exact) mass is 1430 g/mol. The number of benzene rings is 8. The van der Waals surface area contributed by atoms with Crippen LogP contribution in [0.4, 0.5) is 0 Å². The lowest BCUT2D eigenvalue weighted by Gasteiger charge is -2.19. The molecule has 4 heteroatoms. The number of aromatic nitrogens is 4. The predicted octanol–water partition coefficient (Wildman–Crippen LogP) is 24.6. The van der Waals surface area contributed by atoms with Crippen molar-refractivity contribution >= 4 is 0 Å². The maximum atomic E-state index is 8.24. The molecule has 0 atom stereocenters. The van der Waals surface area contributed by atoms with Gasteiger partial charge < -0.3 is 0 Å². The summed E-state index contributed by atoms with van der Waals surface area (Å²) < 4.78 is 200. The summed E-state index contributed by atoms with van der Waals surface area (Å²) in [5.74, 6) is 0. The van der Waals surface area contributed by atoms with Crippen LogP contribution in [0.1, 0.15) is 200 Å². The van der Waals surface area contributed by atoms with Crippen molar-refractivity contribution in [2.24, 2.45) is 28.2 Å². The van der Waals surface area contributed by atoms with Gasteiger partial charge in [-0.15, -0.1) is 0 Å². The molecule has 4 aromatic heterocycles. The number of pyridine rings is 4. The van der Waals surface area contributed by atoms with Crippen LogP contribution in [0.15, 0.2) is 134 Å². The van der Waals surface area contributed by atoms with Crippen LogP contribution in [0.25, 0.3) is 89.5 Å². The lowest BCUT2D eigenvalue weighted by atomic mass is 9.85. The fraction of sp³-hybridized carbons (Fsp3) is 0.333. The van der Waals surface area contributed by atoms with Gasteiger partial charge in [-0.1, -0.05) is 72.8 Å². The molecule has 0 saturated heterocycles. The van der Waals surface area contributed by atoms with Crippen LogP contribution in [0.5, 0.6) is 0 Å². The van der Waals surface area contributed by atoms with Crippen molar-refractivity contribution in [2.75, 3.05) is 0 Å². The highest BCUT2D eigenvalue weighted by Gasteiger charge is 2.27. The quantitative estimate of drug-likeness (QED) is 0.135. The Morgan fingerprint density at radius 1 is 0.189 bits per heavy atom. The van der Waals surface area contributed by atoms with Gasteiger partial charge in [-0.05, 0) is 408 Å². The Balaban J connectivity index is 0.000000196. The van der Waals surface area contributed by atoms with Gasteiger partial charge in [-0.2, -0.15) is 0 Å². The van der Waals surface area contributed by atoms with Crippen molar-refractivity contribution < 1.29 is 51.2 Å². The smallest absolute Gasteiger partial charge is 0.201 e. The summed E-state index contributed by atoms with van der Waals surface area (Å²) in [7, 11) is 7.60. The summed E-state index contributed by atoms with van der Waals surface area (Å²) in [6.45, 7) is 25.2. The Morgan fingerprint density at radius 2 is 0.453 bits per heavy atom. The molecule has 4 heterocycles. The predicted molar refractivity (Wildman–Crippen MR) is 456 cm³/mol. The molecule has 12 rings (SSSR count). The zero-order valence-electron chi connectivity index (χ0n) is 91.5. The number of hydrogen-bond acceptors (Lipinski definition) is 0. The highest BCUT2D eigenvalue weighted by molar-refractivity contribution is 5.87. The summed E-state index contributed by atoms with van der Waals surface area (Å²) >= 11 is 0. The largest absolute Gasteiger partial charge is 0.213 e. The summed E-state index contributed by atoms with van der Waals surface area (Å²) in [6, 6.07) is 33.6. The van der Waals surface area contributed by atoms with Gasteiger partial charge in [0.2, 0.25) is 22.8 Å². The summed E-state index contributed by atoms with van der Waals surface area (Å²) in [5.41, 5.74) is 37.2. The minimum atomic E-state index is -2.43. The van der Waals surface area contributed by atoms with Gasteiger partial charge in [0.15, 0.2) is 24.8 Å². The molecule has 0 unspecified atom stereocenters. The molecule has 106 heavy (non-hydrogen) atoms. The first-order valence-electron chi connectivity index (χ1n) is 48.3. The van der Waals surface area contributed by atoms with Crippen LogP contribution >= 0.6 is 0 Å². The number of aryl methyl sites for hydroxylation is 30. The lowest BCUT2D eigenvalue weighted by Crippen LogP contribution is -2.32. The molecule has 0 bridgehead atoms. The third kappa shape index (κ3) is 16.3. The number of hydrogen-bond donors (Lipinski definition) is 0. The van der Waals surface area contributed by atoms with Gasteiger partial charge in [0.25, 0.3) is 0 Å². The molecule has 0 aliphatic heterocycles. The molecular weight excluding hydrogens is 1280 g/mol. The van der Waals surface area contributed by atoms with Crippen molar-refractivity contribution in [1.29, 1.82) is 0 Å². The Bertz CT molecular complexity index is 6370. The maximum absolute atomic E-state index is 8.24. The second-order valence-corrected chi connectivity index (χ2v) is 30.0. The van der Waals surface area contributed by atoms with E-state index in [1.807, 2.05) is 124 Å². The van der Waals surface area contributed by atoms with E-state index in [1.54, 1.807) is 98.9 Å². The number of nitrogens with zero attached hydrogens (tertiary/aromatic N) is 4. The normalized spacial score (nSPS) is 15.4. The summed E-state index contributed by atoms with van der Waals surface area (Å²) in [5, 5.41) is 0. The molecule has 548 valence electrons. The number of rotatable bonds is 8. The molecule has 0 N–H and O–H groups in total. The van der Waals surface area contributed by atoms with E-state index in [-0.39, 0.29) is 33.4 Å². The van der Waals surface area contributed by atoms with E-state index in [0.717, 1.165) is 83.6 Å². The molecule has 0 radical (unpaired) electrons. The van der Waals surface area contributed by atoms with Gasteiger partial charge in [-0.3, -0.25) is 0 Å². The van der Waals surface area contributed by atoms with E-state index in [2.05, 4.69) is 97.5 Å². The molecule has 4 nitrogen and oxygen atoms in total. The first-order valence-corrected chi connectivity index (χ1v) is 36.3. The molecule has 0 aliphatic rings. The molecule has 12 aromatic rings.